The van der Waals surface area contributed by atoms with E-state index in [0.717, 1.165) is 23.0 Å². The lowest BCUT2D eigenvalue weighted by atomic mass is 10.1. The molecule has 7 nitrogen and oxygen atoms in total. The maximum Gasteiger partial charge on any atom is 0.418 e. The van der Waals surface area contributed by atoms with Crippen molar-refractivity contribution in [2.75, 3.05) is 38.0 Å². The number of amides is 2. The molecule has 0 unspecified atom stereocenters. The first kappa shape index (κ1) is 25.4. The van der Waals surface area contributed by atoms with Crippen molar-refractivity contribution in [2.24, 2.45) is 0 Å². The second kappa shape index (κ2) is 10.5. The fourth-order valence-electron chi connectivity index (χ4n) is 4.31. The van der Waals surface area contributed by atoms with Crippen molar-refractivity contribution in [3.05, 3.63) is 77.1 Å². The van der Waals surface area contributed by atoms with Gasteiger partial charge in [0.2, 0.25) is 5.91 Å². The maximum atomic E-state index is 13.2. The molecule has 1 saturated heterocycles. The van der Waals surface area contributed by atoms with Crippen LogP contribution in [0.1, 0.15) is 34.1 Å². The van der Waals surface area contributed by atoms with Crippen LogP contribution in [0.25, 0.3) is 5.69 Å². The van der Waals surface area contributed by atoms with Crippen LogP contribution >= 0.6 is 0 Å². The van der Waals surface area contributed by atoms with Crippen molar-refractivity contribution in [1.82, 2.24) is 19.6 Å². The van der Waals surface area contributed by atoms with Gasteiger partial charge in [0.05, 0.1) is 40.9 Å². The van der Waals surface area contributed by atoms with Crippen molar-refractivity contribution >= 4 is 17.5 Å². The molecule has 36 heavy (non-hydrogen) atoms. The molecule has 190 valence electrons. The number of nitrogens with zero attached hydrogens (tertiary/aromatic N) is 4. The number of hydrogen-bond acceptors (Lipinski definition) is 4. The van der Waals surface area contributed by atoms with E-state index in [2.05, 4.69) is 10.4 Å². The third-order valence-electron chi connectivity index (χ3n) is 6.25. The first-order valence-corrected chi connectivity index (χ1v) is 11.8. The minimum atomic E-state index is -4.56. The second-order valence-electron chi connectivity index (χ2n) is 8.77. The summed E-state index contributed by atoms with van der Waals surface area (Å²) in [5.41, 5.74) is 2.26. The maximum absolute atomic E-state index is 13.2. The molecule has 0 aliphatic carbocycles. The average Bonchev–Trinajstić information content (AvgIpc) is 3.28. The zero-order chi connectivity index (χ0) is 25.9. The normalized spacial score (nSPS) is 14.6. The predicted octanol–water partition coefficient (Wildman–Crippen LogP) is 4.16. The lowest BCUT2D eigenvalue weighted by Crippen LogP contribution is -2.50. The lowest BCUT2D eigenvalue weighted by molar-refractivity contribution is -0.137. The molecule has 4 rings (SSSR count). The van der Waals surface area contributed by atoms with Gasteiger partial charge in [-0.25, -0.2) is 4.68 Å². The number of piperazine rings is 1. The summed E-state index contributed by atoms with van der Waals surface area (Å²) in [5.74, 6) is -0.646. The molecule has 0 atom stereocenters. The van der Waals surface area contributed by atoms with E-state index in [1.807, 2.05) is 43.0 Å². The molecule has 1 fully saturated rings. The Morgan fingerprint density at radius 1 is 1.00 bits per heavy atom. The Hall–Kier alpha value is -3.66. The topological polar surface area (TPSA) is 70.5 Å². The van der Waals surface area contributed by atoms with Crippen LogP contribution in [0.4, 0.5) is 18.9 Å². The molecule has 1 N–H and O–H groups in total. The zero-order valence-corrected chi connectivity index (χ0v) is 20.2. The number of carbonyl (C=O) groups excluding carboxylic acids is 2. The molecule has 0 saturated carbocycles. The van der Waals surface area contributed by atoms with Crippen LogP contribution in [0.15, 0.2) is 54.7 Å². The van der Waals surface area contributed by atoms with E-state index in [-0.39, 0.29) is 18.1 Å². The minimum Gasteiger partial charge on any atom is -0.336 e. The van der Waals surface area contributed by atoms with Crippen molar-refractivity contribution in [3.8, 4) is 5.69 Å². The van der Waals surface area contributed by atoms with Crippen molar-refractivity contribution in [2.45, 2.75) is 26.4 Å². The minimum absolute atomic E-state index is 0.0558. The van der Waals surface area contributed by atoms with E-state index in [0.29, 0.717) is 38.2 Å². The Kier molecular flexibility index (Phi) is 7.44. The quantitative estimate of drug-likeness (QED) is 0.553. The summed E-state index contributed by atoms with van der Waals surface area (Å²) in [6, 6.07) is 12.8. The second-order valence-corrected chi connectivity index (χ2v) is 8.77. The highest BCUT2D eigenvalue weighted by Gasteiger charge is 2.34. The smallest absolute Gasteiger partial charge is 0.336 e. The van der Waals surface area contributed by atoms with Gasteiger partial charge in [-0.2, -0.15) is 18.3 Å². The van der Waals surface area contributed by atoms with Crippen molar-refractivity contribution < 1.29 is 22.8 Å². The molecular formula is C26H28F3N5O2. The number of nitrogens with one attached hydrogen (secondary N) is 1. The van der Waals surface area contributed by atoms with Crippen LogP contribution in [0, 0.1) is 6.92 Å². The van der Waals surface area contributed by atoms with E-state index in [1.165, 1.54) is 18.2 Å². The largest absolute Gasteiger partial charge is 0.418 e. The molecular weight excluding hydrogens is 471 g/mol. The lowest BCUT2D eigenvalue weighted by Gasteiger charge is -2.34. The summed E-state index contributed by atoms with van der Waals surface area (Å²) in [7, 11) is 0. The summed E-state index contributed by atoms with van der Waals surface area (Å²) in [5, 5.41) is 6.82. The Labute approximate surface area is 207 Å². The van der Waals surface area contributed by atoms with E-state index in [4.69, 9.17) is 0 Å². The van der Waals surface area contributed by atoms with Gasteiger partial charge < -0.3 is 10.2 Å². The van der Waals surface area contributed by atoms with Crippen LogP contribution in [-0.4, -0.2) is 64.1 Å². The Morgan fingerprint density at radius 3 is 2.31 bits per heavy atom. The van der Waals surface area contributed by atoms with E-state index in [1.54, 1.807) is 15.8 Å². The van der Waals surface area contributed by atoms with Crippen LogP contribution < -0.4 is 5.32 Å². The molecule has 10 heteroatoms. The zero-order valence-electron chi connectivity index (χ0n) is 20.2. The fourth-order valence-corrected chi connectivity index (χ4v) is 4.31. The third kappa shape index (κ3) is 5.59. The molecule has 2 amide bonds. The Morgan fingerprint density at radius 2 is 1.67 bits per heavy atom. The number of alkyl halides is 3. The first-order chi connectivity index (χ1) is 17.2. The van der Waals surface area contributed by atoms with Gasteiger partial charge in [0.15, 0.2) is 0 Å². The van der Waals surface area contributed by atoms with Gasteiger partial charge in [-0.1, -0.05) is 36.8 Å². The van der Waals surface area contributed by atoms with Crippen molar-refractivity contribution in [3.63, 3.8) is 0 Å². The number of para-hydroxylation sites is 1. The van der Waals surface area contributed by atoms with E-state index in [9.17, 15) is 22.8 Å². The summed E-state index contributed by atoms with van der Waals surface area (Å²) in [6.45, 7) is 5.62. The Balaban J connectivity index is 1.36. The van der Waals surface area contributed by atoms with Gasteiger partial charge in [0.1, 0.15) is 0 Å². The number of carbonyl (C=O) groups is 2. The number of aryl methyl sites for hydroxylation is 1. The first-order valence-electron chi connectivity index (χ1n) is 11.8. The monoisotopic (exact) mass is 499 g/mol. The third-order valence-corrected chi connectivity index (χ3v) is 6.25. The van der Waals surface area contributed by atoms with Crippen molar-refractivity contribution in [1.29, 1.82) is 0 Å². The molecule has 2 heterocycles. The van der Waals surface area contributed by atoms with Gasteiger partial charge in [0.25, 0.3) is 5.91 Å². The molecule has 1 aliphatic heterocycles. The highest BCUT2D eigenvalue weighted by Crippen LogP contribution is 2.34. The Bertz CT molecular complexity index is 1230. The van der Waals surface area contributed by atoms with Gasteiger partial charge in [0, 0.05) is 26.2 Å². The number of aromatic nitrogens is 2. The highest BCUT2D eigenvalue weighted by molar-refractivity contribution is 5.95. The van der Waals surface area contributed by atoms with Crippen LogP contribution in [-0.2, 0) is 17.4 Å². The van der Waals surface area contributed by atoms with Crippen LogP contribution in [0.3, 0.4) is 0 Å². The molecule has 0 spiro atoms. The number of benzene rings is 2. The van der Waals surface area contributed by atoms with Crippen LogP contribution in [0.2, 0.25) is 0 Å². The van der Waals surface area contributed by atoms with Gasteiger partial charge in [-0.15, -0.1) is 0 Å². The highest BCUT2D eigenvalue weighted by atomic mass is 19.4. The van der Waals surface area contributed by atoms with Gasteiger partial charge in [-0.05, 0) is 37.6 Å². The number of halogens is 3. The van der Waals surface area contributed by atoms with Crippen LogP contribution in [0.5, 0.6) is 0 Å². The van der Waals surface area contributed by atoms with Gasteiger partial charge in [-0.3, -0.25) is 14.5 Å². The number of anilines is 1. The van der Waals surface area contributed by atoms with E-state index < -0.39 is 17.6 Å². The molecule has 1 aromatic heterocycles. The summed E-state index contributed by atoms with van der Waals surface area (Å²) in [4.78, 5) is 29.2. The predicted molar refractivity (Wildman–Crippen MR) is 130 cm³/mol. The number of rotatable bonds is 6. The molecule has 3 aromatic rings. The molecule has 0 radical (unpaired) electrons. The molecule has 0 bridgehead atoms. The SMILES string of the molecule is CCc1c(C(=O)N2CCN(CC(=O)Nc3ccccc3C(F)(F)F)CC2)cnn1-c1ccc(C)cc1. The molecule has 2 aromatic carbocycles. The molecule has 1 aliphatic rings. The standard InChI is InChI=1S/C26H28F3N5O2/c1-3-23-20(16-30-34(23)19-10-8-18(2)9-11-19)25(36)33-14-12-32(13-15-33)17-24(35)31-22-7-5-4-6-21(22)26(27,28)29/h4-11,16H,3,12-15,17H2,1-2H3,(H,31,35). The summed E-state index contributed by atoms with van der Waals surface area (Å²) in [6.07, 6.45) is -2.33. The average molecular weight is 500 g/mol. The fraction of sp³-hybridized carbons (Fsp3) is 0.346. The number of hydrogen-bond donors (Lipinski definition) is 1. The summed E-state index contributed by atoms with van der Waals surface area (Å²) >= 11 is 0. The van der Waals surface area contributed by atoms with E-state index >= 15 is 0 Å². The summed E-state index contributed by atoms with van der Waals surface area (Å²) < 4.78 is 41.3. The van der Waals surface area contributed by atoms with Gasteiger partial charge >= 0.3 is 6.18 Å².